The minimum absolute atomic E-state index is 0.0296. The van der Waals surface area contributed by atoms with Gasteiger partial charge in [-0.2, -0.15) is 0 Å². The van der Waals surface area contributed by atoms with Crippen LogP contribution in [0.1, 0.15) is 33.1 Å². The van der Waals surface area contributed by atoms with Crippen molar-refractivity contribution >= 4 is 11.9 Å². The van der Waals surface area contributed by atoms with E-state index in [4.69, 9.17) is 4.74 Å². The van der Waals surface area contributed by atoms with E-state index in [9.17, 15) is 9.59 Å². The molecule has 1 unspecified atom stereocenters. The number of amides is 1. The summed E-state index contributed by atoms with van der Waals surface area (Å²) in [6, 6.07) is -0.524. The van der Waals surface area contributed by atoms with Crippen molar-refractivity contribution in [2.75, 3.05) is 20.2 Å². The summed E-state index contributed by atoms with van der Waals surface area (Å²) in [6.45, 7) is 5.70. The van der Waals surface area contributed by atoms with Gasteiger partial charge in [0, 0.05) is 6.54 Å². The van der Waals surface area contributed by atoms with Crippen LogP contribution in [0, 0.1) is 11.8 Å². The number of ether oxygens (including phenoxy) is 1. The van der Waals surface area contributed by atoms with Crippen LogP contribution in [0.3, 0.4) is 0 Å². The van der Waals surface area contributed by atoms with Crippen LogP contribution in [0.2, 0.25) is 0 Å². The summed E-state index contributed by atoms with van der Waals surface area (Å²) >= 11 is 0. The molecule has 18 heavy (non-hydrogen) atoms. The molecule has 0 aromatic heterocycles. The Morgan fingerprint density at radius 1 is 1.44 bits per heavy atom. The summed E-state index contributed by atoms with van der Waals surface area (Å²) in [5.74, 6) is -0.101. The molecule has 0 spiro atoms. The molecule has 0 aliphatic carbocycles. The summed E-state index contributed by atoms with van der Waals surface area (Å²) < 4.78 is 4.73. The van der Waals surface area contributed by atoms with Gasteiger partial charge in [-0.3, -0.25) is 4.79 Å². The number of nitrogens with one attached hydrogen (secondary N) is 2. The normalized spacial score (nSPS) is 21.4. The van der Waals surface area contributed by atoms with Gasteiger partial charge in [-0.25, -0.2) is 4.79 Å². The van der Waals surface area contributed by atoms with Gasteiger partial charge in [0.15, 0.2) is 0 Å². The van der Waals surface area contributed by atoms with E-state index in [-0.39, 0.29) is 17.8 Å². The SMILES string of the molecule is COC(=O)C(CC(C)C)NC(=O)[C@H]1CCCNC1. The zero-order chi connectivity index (χ0) is 13.5. The lowest BCUT2D eigenvalue weighted by Crippen LogP contribution is -2.48. The molecule has 0 bridgehead atoms. The molecule has 1 saturated heterocycles. The number of carbonyl (C=O) groups is 2. The predicted molar refractivity (Wildman–Crippen MR) is 69.0 cm³/mol. The third-order valence-electron chi connectivity index (χ3n) is 3.18. The molecule has 1 amide bonds. The van der Waals surface area contributed by atoms with Crippen LogP contribution in [0.4, 0.5) is 0 Å². The molecule has 1 rings (SSSR count). The van der Waals surface area contributed by atoms with Crippen LogP contribution in [0.5, 0.6) is 0 Å². The Kier molecular flexibility index (Phi) is 6.12. The van der Waals surface area contributed by atoms with Crippen molar-refractivity contribution < 1.29 is 14.3 Å². The Morgan fingerprint density at radius 2 is 2.17 bits per heavy atom. The van der Waals surface area contributed by atoms with Crippen LogP contribution in [-0.4, -0.2) is 38.1 Å². The minimum Gasteiger partial charge on any atom is -0.467 e. The first-order chi connectivity index (χ1) is 8.54. The zero-order valence-electron chi connectivity index (χ0n) is 11.5. The largest absolute Gasteiger partial charge is 0.467 e. The molecular weight excluding hydrogens is 232 g/mol. The van der Waals surface area contributed by atoms with Crippen LogP contribution in [0.15, 0.2) is 0 Å². The molecular formula is C13H24N2O3. The highest BCUT2D eigenvalue weighted by Crippen LogP contribution is 2.12. The molecule has 1 fully saturated rings. The first-order valence-electron chi connectivity index (χ1n) is 6.63. The van der Waals surface area contributed by atoms with Crippen LogP contribution in [-0.2, 0) is 14.3 Å². The monoisotopic (exact) mass is 256 g/mol. The van der Waals surface area contributed by atoms with E-state index in [0.29, 0.717) is 18.9 Å². The zero-order valence-corrected chi connectivity index (χ0v) is 11.5. The maximum absolute atomic E-state index is 12.1. The molecule has 1 heterocycles. The van der Waals surface area contributed by atoms with Gasteiger partial charge in [0.25, 0.3) is 0 Å². The molecule has 5 heteroatoms. The van der Waals surface area contributed by atoms with E-state index < -0.39 is 6.04 Å². The number of esters is 1. The van der Waals surface area contributed by atoms with Gasteiger partial charge < -0.3 is 15.4 Å². The number of hydrogen-bond donors (Lipinski definition) is 2. The Bertz CT molecular complexity index is 286. The topological polar surface area (TPSA) is 67.4 Å². The Balaban J connectivity index is 2.52. The minimum atomic E-state index is -0.524. The highest BCUT2D eigenvalue weighted by Gasteiger charge is 2.27. The van der Waals surface area contributed by atoms with Crippen molar-refractivity contribution in [3.8, 4) is 0 Å². The van der Waals surface area contributed by atoms with Gasteiger partial charge in [-0.15, -0.1) is 0 Å². The number of methoxy groups -OCH3 is 1. The second kappa shape index (κ2) is 7.36. The van der Waals surface area contributed by atoms with Crippen LogP contribution in [0.25, 0.3) is 0 Å². The average Bonchev–Trinajstić information content (AvgIpc) is 2.37. The third kappa shape index (κ3) is 4.64. The van der Waals surface area contributed by atoms with Gasteiger partial charge in [-0.1, -0.05) is 13.8 Å². The van der Waals surface area contributed by atoms with Crippen molar-refractivity contribution in [1.82, 2.24) is 10.6 Å². The summed E-state index contributed by atoms with van der Waals surface area (Å²) in [5.41, 5.74) is 0. The van der Waals surface area contributed by atoms with Crippen molar-refractivity contribution in [3.05, 3.63) is 0 Å². The summed E-state index contributed by atoms with van der Waals surface area (Å²) in [5, 5.41) is 6.01. The van der Waals surface area contributed by atoms with E-state index in [1.165, 1.54) is 7.11 Å². The number of carbonyl (C=O) groups excluding carboxylic acids is 2. The Hall–Kier alpha value is -1.10. The standard InChI is InChI=1S/C13H24N2O3/c1-9(2)7-11(13(17)18-3)15-12(16)10-5-4-6-14-8-10/h9-11,14H,4-8H2,1-3H3,(H,15,16)/t10-,11?/m0/s1. The summed E-state index contributed by atoms with van der Waals surface area (Å²) in [7, 11) is 1.35. The maximum atomic E-state index is 12.1. The number of piperidine rings is 1. The fourth-order valence-corrected chi connectivity index (χ4v) is 2.19. The van der Waals surface area contributed by atoms with Crippen LogP contribution < -0.4 is 10.6 Å². The van der Waals surface area contributed by atoms with E-state index in [1.54, 1.807) is 0 Å². The molecule has 2 N–H and O–H groups in total. The molecule has 2 atom stereocenters. The van der Waals surface area contributed by atoms with E-state index in [2.05, 4.69) is 10.6 Å². The lowest BCUT2D eigenvalue weighted by molar-refractivity contribution is -0.146. The average molecular weight is 256 g/mol. The van der Waals surface area contributed by atoms with E-state index in [0.717, 1.165) is 19.4 Å². The highest BCUT2D eigenvalue weighted by molar-refractivity contribution is 5.85. The van der Waals surface area contributed by atoms with E-state index in [1.807, 2.05) is 13.8 Å². The lowest BCUT2D eigenvalue weighted by Gasteiger charge is -2.25. The second-order valence-corrected chi connectivity index (χ2v) is 5.26. The van der Waals surface area contributed by atoms with Gasteiger partial charge >= 0.3 is 5.97 Å². The smallest absolute Gasteiger partial charge is 0.328 e. The Labute approximate surface area is 109 Å². The fourth-order valence-electron chi connectivity index (χ4n) is 2.19. The second-order valence-electron chi connectivity index (χ2n) is 5.26. The van der Waals surface area contributed by atoms with Gasteiger partial charge in [-0.05, 0) is 31.7 Å². The van der Waals surface area contributed by atoms with Crippen LogP contribution >= 0.6 is 0 Å². The fraction of sp³-hybridized carbons (Fsp3) is 0.846. The Morgan fingerprint density at radius 3 is 2.67 bits per heavy atom. The van der Waals surface area contributed by atoms with Gasteiger partial charge in [0.2, 0.25) is 5.91 Å². The molecule has 1 aliphatic rings. The van der Waals surface area contributed by atoms with Gasteiger partial charge in [0.05, 0.1) is 13.0 Å². The molecule has 0 aromatic rings. The van der Waals surface area contributed by atoms with Crippen molar-refractivity contribution in [1.29, 1.82) is 0 Å². The maximum Gasteiger partial charge on any atom is 0.328 e. The highest BCUT2D eigenvalue weighted by atomic mass is 16.5. The predicted octanol–water partition coefficient (Wildman–Crippen LogP) is 0.690. The van der Waals surface area contributed by atoms with Crippen molar-refractivity contribution in [3.63, 3.8) is 0 Å². The lowest BCUT2D eigenvalue weighted by atomic mass is 9.97. The number of rotatable bonds is 5. The van der Waals surface area contributed by atoms with Crippen molar-refractivity contribution in [2.24, 2.45) is 11.8 Å². The summed E-state index contributed by atoms with van der Waals surface area (Å²) in [4.78, 5) is 23.7. The first-order valence-corrected chi connectivity index (χ1v) is 6.63. The molecule has 104 valence electrons. The van der Waals surface area contributed by atoms with Crippen molar-refractivity contribution in [2.45, 2.75) is 39.2 Å². The third-order valence-corrected chi connectivity index (χ3v) is 3.18. The molecule has 1 aliphatic heterocycles. The quantitative estimate of drug-likeness (QED) is 0.710. The molecule has 0 radical (unpaired) electrons. The molecule has 0 saturated carbocycles. The number of hydrogen-bond acceptors (Lipinski definition) is 4. The summed E-state index contributed by atoms with van der Waals surface area (Å²) in [6.07, 6.45) is 2.50. The van der Waals surface area contributed by atoms with E-state index >= 15 is 0 Å². The first kappa shape index (κ1) is 15.0. The molecule has 0 aromatic carbocycles. The van der Waals surface area contributed by atoms with Gasteiger partial charge in [0.1, 0.15) is 6.04 Å². The molecule has 5 nitrogen and oxygen atoms in total.